The summed E-state index contributed by atoms with van der Waals surface area (Å²) in [6.45, 7) is 5.48. The van der Waals surface area contributed by atoms with E-state index in [1.807, 2.05) is 20.8 Å². The lowest BCUT2D eigenvalue weighted by atomic mass is 10.1. The van der Waals surface area contributed by atoms with Crippen LogP contribution in [0.4, 0.5) is 24.7 Å². The Kier molecular flexibility index (Phi) is 5.22. The molecule has 0 fully saturated rings. The zero-order chi connectivity index (χ0) is 18.8. The van der Waals surface area contributed by atoms with E-state index in [1.165, 1.54) is 18.2 Å². The largest absolute Gasteiger partial charge is 0.417 e. The highest BCUT2D eigenvalue weighted by Gasteiger charge is 2.33. The minimum atomic E-state index is -4.56. The van der Waals surface area contributed by atoms with Gasteiger partial charge in [-0.15, -0.1) is 10.2 Å². The van der Waals surface area contributed by atoms with Crippen LogP contribution in [0.3, 0.4) is 0 Å². The van der Waals surface area contributed by atoms with Crippen LogP contribution in [0, 0.1) is 0 Å². The number of hydrogen-bond donors (Lipinski definition) is 2. The molecule has 0 unspecified atom stereocenters. The van der Waals surface area contributed by atoms with Gasteiger partial charge >= 0.3 is 6.18 Å². The number of benzene rings is 1. The van der Waals surface area contributed by atoms with Crippen LogP contribution < -0.4 is 10.6 Å². The fourth-order valence-electron chi connectivity index (χ4n) is 1.89. The number of aromatic nitrogens is 2. The van der Waals surface area contributed by atoms with Crippen molar-refractivity contribution in [2.75, 3.05) is 5.32 Å². The van der Waals surface area contributed by atoms with Crippen molar-refractivity contribution in [2.24, 2.45) is 0 Å². The average molecular weight is 373 g/mol. The number of anilines is 2. The molecule has 0 aliphatic rings. The molecule has 2 rings (SSSR count). The van der Waals surface area contributed by atoms with Crippen LogP contribution in [-0.2, 0) is 6.18 Å². The van der Waals surface area contributed by atoms with Crippen molar-refractivity contribution in [3.05, 3.63) is 46.6 Å². The third-order valence-electron chi connectivity index (χ3n) is 2.93. The van der Waals surface area contributed by atoms with E-state index in [2.05, 4.69) is 20.8 Å². The summed E-state index contributed by atoms with van der Waals surface area (Å²) in [5.41, 5.74) is -1.12. The quantitative estimate of drug-likeness (QED) is 0.837. The van der Waals surface area contributed by atoms with Crippen molar-refractivity contribution in [2.45, 2.75) is 32.5 Å². The van der Waals surface area contributed by atoms with E-state index in [9.17, 15) is 18.0 Å². The second kappa shape index (κ2) is 6.87. The van der Waals surface area contributed by atoms with Crippen LogP contribution in [0.2, 0.25) is 5.02 Å². The normalized spacial score (nSPS) is 12.0. The highest BCUT2D eigenvalue weighted by molar-refractivity contribution is 6.31. The first kappa shape index (κ1) is 19.0. The van der Waals surface area contributed by atoms with Crippen molar-refractivity contribution in [1.29, 1.82) is 0 Å². The average Bonchev–Trinajstić information content (AvgIpc) is 2.47. The molecular formula is C16H16ClF3N4O. The maximum Gasteiger partial charge on any atom is 0.417 e. The molecule has 134 valence electrons. The first-order valence-corrected chi connectivity index (χ1v) is 7.63. The third kappa shape index (κ3) is 5.32. The Hall–Kier alpha value is -2.35. The maximum absolute atomic E-state index is 12.9. The van der Waals surface area contributed by atoms with Crippen LogP contribution in [0.5, 0.6) is 0 Å². The maximum atomic E-state index is 12.9. The third-order valence-corrected chi connectivity index (χ3v) is 3.26. The molecule has 1 aromatic heterocycles. The molecular weight excluding hydrogens is 357 g/mol. The second-order valence-corrected chi connectivity index (χ2v) is 6.73. The fourth-order valence-corrected chi connectivity index (χ4v) is 2.12. The molecule has 0 aliphatic carbocycles. The Morgan fingerprint density at radius 2 is 1.76 bits per heavy atom. The van der Waals surface area contributed by atoms with Crippen LogP contribution in [0.25, 0.3) is 0 Å². The Balaban J connectivity index is 2.16. The van der Waals surface area contributed by atoms with Gasteiger partial charge in [-0.25, -0.2) is 0 Å². The lowest BCUT2D eigenvalue weighted by Gasteiger charge is -2.19. The number of rotatable bonds is 3. The van der Waals surface area contributed by atoms with Gasteiger partial charge in [-0.1, -0.05) is 11.6 Å². The summed E-state index contributed by atoms with van der Waals surface area (Å²) >= 11 is 5.57. The zero-order valence-electron chi connectivity index (χ0n) is 13.7. The molecule has 25 heavy (non-hydrogen) atoms. The number of amides is 1. The lowest BCUT2D eigenvalue weighted by molar-refractivity contribution is -0.137. The molecule has 9 heteroatoms. The van der Waals surface area contributed by atoms with E-state index in [0.717, 1.165) is 12.1 Å². The number of alkyl halides is 3. The van der Waals surface area contributed by atoms with E-state index in [1.54, 1.807) is 0 Å². The first-order chi connectivity index (χ1) is 11.5. The monoisotopic (exact) mass is 372 g/mol. The second-order valence-electron chi connectivity index (χ2n) is 6.33. The predicted octanol–water partition coefficient (Wildman–Crippen LogP) is 4.42. The van der Waals surface area contributed by atoms with Gasteiger partial charge in [0, 0.05) is 11.2 Å². The van der Waals surface area contributed by atoms with Crippen molar-refractivity contribution in [3.63, 3.8) is 0 Å². The number of nitrogens with zero attached hydrogens (tertiary/aromatic N) is 2. The minimum Gasteiger partial charge on any atom is -0.346 e. The van der Waals surface area contributed by atoms with Gasteiger partial charge in [0.2, 0.25) is 0 Å². The smallest absolute Gasteiger partial charge is 0.346 e. The number of carbonyl (C=O) groups is 1. The topological polar surface area (TPSA) is 66.9 Å². The molecule has 1 heterocycles. The van der Waals surface area contributed by atoms with Gasteiger partial charge in [-0.3, -0.25) is 4.79 Å². The van der Waals surface area contributed by atoms with Crippen molar-refractivity contribution < 1.29 is 18.0 Å². The van der Waals surface area contributed by atoms with Gasteiger partial charge in [-0.05, 0) is 51.1 Å². The zero-order valence-corrected chi connectivity index (χ0v) is 14.5. The molecule has 0 spiro atoms. The van der Waals surface area contributed by atoms with Gasteiger partial charge in [-0.2, -0.15) is 13.2 Å². The van der Waals surface area contributed by atoms with Crippen LogP contribution in [-0.4, -0.2) is 21.6 Å². The molecule has 2 N–H and O–H groups in total. The Bertz CT molecular complexity index is 770. The number of carbonyl (C=O) groups excluding carboxylic acids is 1. The molecule has 0 bridgehead atoms. The number of hydrogen-bond acceptors (Lipinski definition) is 4. The number of halogens is 4. The molecule has 5 nitrogen and oxygen atoms in total. The van der Waals surface area contributed by atoms with E-state index in [0.29, 0.717) is 0 Å². The van der Waals surface area contributed by atoms with Crippen molar-refractivity contribution in [1.82, 2.24) is 15.5 Å². The summed E-state index contributed by atoms with van der Waals surface area (Å²) in [5, 5.41) is 12.6. The van der Waals surface area contributed by atoms with Crippen LogP contribution >= 0.6 is 11.6 Å². The van der Waals surface area contributed by atoms with E-state index < -0.39 is 28.2 Å². The molecule has 2 aromatic rings. The Labute approximate surface area is 147 Å². The molecule has 0 saturated heterocycles. The Morgan fingerprint density at radius 1 is 1.08 bits per heavy atom. The van der Waals surface area contributed by atoms with Gasteiger partial charge in [0.05, 0.1) is 10.6 Å². The highest BCUT2D eigenvalue weighted by Crippen LogP contribution is 2.36. The lowest BCUT2D eigenvalue weighted by Crippen LogP contribution is -2.41. The molecule has 0 saturated carbocycles. The summed E-state index contributed by atoms with van der Waals surface area (Å²) in [6, 6.07) is 6.29. The van der Waals surface area contributed by atoms with E-state index >= 15 is 0 Å². The summed E-state index contributed by atoms with van der Waals surface area (Å²) in [4.78, 5) is 11.9. The highest BCUT2D eigenvalue weighted by atomic mass is 35.5. The Morgan fingerprint density at radius 3 is 2.28 bits per heavy atom. The minimum absolute atomic E-state index is 0.104. The summed E-state index contributed by atoms with van der Waals surface area (Å²) in [7, 11) is 0. The molecule has 1 amide bonds. The first-order valence-electron chi connectivity index (χ1n) is 7.26. The van der Waals surface area contributed by atoms with E-state index in [4.69, 9.17) is 11.6 Å². The number of nitrogens with one attached hydrogen (secondary N) is 2. The molecule has 0 atom stereocenters. The predicted molar refractivity (Wildman–Crippen MR) is 89.0 cm³/mol. The van der Waals surface area contributed by atoms with Gasteiger partial charge in [0.1, 0.15) is 0 Å². The van der Waals surface area contributed by atoms with Crippen LogP contribution in [0.15, 0.2) is 30.3 Å². The molecule has 1 aromatic carbocycles. The van der Waals surface area contributed by atoms with Gasteiger partial charge in [0.25, 0.3) is 5.91 Å². The van der Waals surface area contributed by atoms with Crippen LogP contribution in [0.1, 0.15) is 36.8 Å². The summed E-state index contributed by atoms with van der Waals surface area (Å²) in [6.07, 6.45) is -4.56. The van der Waals surface area contributed by atoms with Gasteiger partial charge < -0.3 is 10.6 Å². The SMILES string of the molecule is CC(C)(C)NC(=O)c1ccc(Nc2ccc(Cl)c(C(F)(F)F)c2)nn1. The van der Waals surface area contributed by atoms with E-state index in [-0.39, 0.29) is 17.2 Å². The van der Waals surface area contributed by atoms with Crippen molar-refractivity contribution >= 4 is 29.0 Å². The fraction of sp³-hybridized carbons (Fsp3) is 0.312. The molecule has 0 radical (unpaired) electrons. The standard InChI is InChI=1S/C16H16ClF3N4O/c1-15(2,3)22-14(25)12-6-7-13(24-23-12)21-9-4-5-11(17)10(8-9)16(18,19)20/h4-8H,1-3H3,(H,21,24)(H,22,25). The summed E-state index contributed by atoms with van der Waals surface area (Å²) < 4.78 is 38.6. The molecule has 0 aliphatic heterocycles. The van der Waals surface area contributed by atoms with Crippen molar-refractivity contribution in [3.8, 4) is 0 Å². The van der Waals surface area contributed by atoms with Gasteiger partial charge in [0.15, 0.2) is 11.5 Å². The summed E-state index contributed by atoms with van der Waals surface area (Å²) in [5.74, 6) is -0.194.